The largest absolute Gasteiger partial charge is 0.479 e. The van der Waals surface area contributed by atoms with Crippen LogP contribution in [0.5, 0.6) is 5.75 Å². The summed E-state index contributed by atoms with van der Waals surface area (Å²) < 4.78 is 5.56. The van der Waals surface area contributed by atoms with Crippen molar-refractivity contribution in [3.8, 4) is 5.75 Å². The molecule has 0 aliphatic carbocycles. The number of hydrogen-bond acceptors (Lipinski definition) is 4. The summed E-state index contributed by atoms with van der Waals surface area (Å²) in [5.74, 6) is 0.172. The molecule has 0 aromatic heterocycles. The van der Waals surface area contributed by atoms with E-state index in [0.717, 1.165) is 12.8 Å². The van der Waals surface area contributed by atoms with Gasteiger partial charge in [-0.3, -0.25) is 14.5 Å². The first kappa shape index (κ1) is 17.3. The Labute approximate surface area is 137 Å². The summed E-state index contributed by atoms with van der Waals surface area (Å²) in [7, 11) is 0. The number of anilines is 1. The molecule has 0 radical (unpaired) electrons. The average Bonchev–Trinajstić information content (AvgIpc) is 2.56. The summed E-state index contributed by atoms with van der Waals surface area (Å²) in [5, 5.41) is 2.84. The summed E-state index contributed by atoms with van der Waals surface area (Å²) >= 11 is 0. The first-order valence-electron chi connectivity index (χ1n) is 8.03. The molecule has 1 atom stereocenters. The molecule has 6 nitrogen and oxygen atoms in total. The van der Waals surface area contributed by atoms with E-state index >= 15 is 0 Å². The van der Waals surface area contributed by atoms with Crippen LogP contribution in [0.15, 0.2) is 24.3 Å². The van der Waals surface area contributed by atoms with Gasteiger partial charge in [-0.15, -0.1) is 0 Å². The van der Waals surface area contributed by atoms with Crippen LogP contribution in [0.2, 0.25) is 0 Å². The molecule has 1 aliphatic rings. The number of ether oxygens (including phenoxy) is 1. The monoisotopic (exact) mass is 319 g/mol. The summed E-state index contributed by atoms with van der Waals surface area (Å²) in [4.78, 5) is 26.1. The highest BCUT2D eigenvalue weighted by molar-refractivity contribution is 6.03. The minimum Gasteiger partial charge on any atom is -0.479 e. The standard InChI is InChI=1S/C17H25N3O3/c1-4-17(18,5-2)11-19-15(21)10-20-13-8-6-7-9-14(13)23-12(3)16(20)22/h6-9,12H,4-5,10-11,18H2,1-3H3,(H,19,21). The molecule has 1 aliphatic heterocycles. The van der Waals surface area contributed by atoms with Crippen LogP contribution in [0.4, 0.5) is 5.69 Å². The van der Waals surface area contributed by atoms with E-state index in [0.29, 0.717) is 18.0 Å². The van der Waals surface area contributed by atoms with Crippen molar-refractivity contribution in [1.29, 1.82) is 0 Å². The Morgan fingerprint density at radius 2 is 2.00 bits per heavy atom. The maximum atomic E-state index is 12.3. The molecule has 1 heterocycles. The van der Waals surface area contributed by atoms with Gasteiger partial charge in [0, 0.05) is 12.1 Å². The number of carbonyl (C=O) groups excluding carboxylic acids is 2. The molecule has 2 amide bonds. The number of para-hydroxylation sites is 2. The number of rotatable bonds is 6. The van der Waals surface area contributed by atoms with Gasteiger partial charge in [0.25, 0.3) is 5.91 Å². The predicted molar refractivity (Wildman–Crippen MR) is 89.4 cm³/mol. The van der Waals surface area contributed by atoms with Gasteiger partial charge in [-0.05, 0) is 31.9 Å². The molecule has 0 spiro atoms. The first-order valence-corrected chi connectivity index (χ1v) is 8.03. The molecule has 0 saturated heterocycles. The summed E-state index contributed by atoms with van der Waals surface area (Å²) in [6, 6.07) is 7.22. The van der Waals surface area contributed by atoms with E-state index in [4.69, 9.17) is 10.5 Å². The zero-order chi connectivity index (χ0) is 17.0. The second kappa shape index (κ2) is 7.00. The lowest BCUT2D eigenvalue weighted by atomic mass is 9.94. The molecule has 1 aromatic carbocycles. The second-order valence-electron chi connectivity index (χ2n) is 6.00. The fourth-order valence-electron chi connectivity index (χ4n) is 2.50. The van der Waals surface area contributed by atoms with Crippen molar-refractivity contribution in [2.24, 2.45) is 5.73 Å². The minimum absolute atomic E-state index is 0.0347. The smallest absolute Gasteiger partial charge is 0.268 e. The Morgan fingerprint density at radius 3 is 2.65 bits per heavy atom. The number of fused-ring (bicyclic) bond motifs is 1. The lowest BCUT2D eigenvalue weighted by Crippen LogP contribution is -2.53. The molecule has 23 heavy (non-hydrogen) atoms. The highest BCUT2D eigenvalue weighted by Crippen LogP contribution is 2.33. The van der Waals surface area contributed by atoms with Crippen LogP contribution >= 0.6 is 0 Å². The van der Waals surface area contributed by atoms with Crippen LogP contribution in [0.25, 0.3) is 0 Å². The van der Waals surface area contributed by atoms with E-state index in [-0.39, 0.29) is 18.4 Å². The average molecular weight is 319 g/mol. The van der Waals surface area contributed by atoms with Crippen molar-refractivity contribution in [3.63, 3.8) is 0 Å². The van der Waals surface area contributed by atoms with Gasteiger partial charge in [-0.1, -0.05) is 26.0 Å². The van der Waals surface area contributed by atoms with Crippen LogP contribution in [-0.2, 0) is 9.59 Å². The summed E-state index contributed by atoms with van der Waals surface area (Å²) in [6.07, 6.45) is 0.956. The van der Waals surface area contributed by atoms with Crippen LogP contribution in [0.1, 0.15) is 33.6 Å². The van der Waals surface area contributed by atoms with Gasteiger partial charge in [0.15, 0.2) is 6.10 Å². The number of carbonyl (C=O) groups is 2. The maximum absolute atomic E-state index is 12.3. The molecular weight excluding hydrogens is 294 g/mol. The molecular formula is C17H25N3O3. The van der Waals surface area contributed by atoms with Gasteiger partial charge >= 0.3 is 0 Å². The molecule has 3 N–H and O–H groups in total. The zero-order valence-corrected chi connectivity index (χ0v) is 14.0. The van der Waals surface area contributed by atoms with Crippen LogP contribution in [0.3, 0.4) is 0 Å². The van der Waals surface area contributed by atoms with E-state index in [9.17, 15) is 9.59 Å². The molecule has 1 unspecified atom stereocenters. The molecule has 0 bridgehead atoms. The number of benzene rings is 1. The van der Waals surface area contributed by atoms with Gasteiger partial charge in [0.05, 0.1) is 5.69 Å². The number of amides is 2. The van der Waals surface area contributed by atoms with Crippen LogP contribution in [0, 0.1) is 0 Å². The van der Waals surface area contributed by atoms with Gasteiger partial charge in [-0.25, -0.2) is 0 Å². The van der Waals surface area contributed by atoms with E-state index in [1.165, 1.54) is 4.90 Å². The Hall–Kier alpha value is -2.08. The lowest BCUT2D eigenvalue weighted by Gasteiger charge is -2.33. The highest BCUT2D eigenvalue weighted by atomic mass is 16.5. The Bertz CT molecular complexity index is 584. The first-order chi connectivity index (χ1) is 10.9. The van der Waals surface area contributed by atoms with Crippen molar-refractivity contribution < 1.29 is 14.3 Å². The third-order valence-corrected chi connectivity index (χ3v) is 4.42. The fourth-order valence-corrected chi connectivity index (χ4v) is 2.50. The number of nitrogens with one attached hydrogen (secondary N) is 1. The Kier molecular flexibility index (Phi) is 5.26. The van der Waals surface area contributed by atoms with E-state index < -0.39 is 11.6 Å². The fraction of sp³-hybridized carbons (Fsp3) is 0.529. The SMILES string of the molecule is CCC(N)(CC)CNC(=O)CN1C(=O)C(C)Oc2ccccc21. The quantitative estimate of drug-likeness (QED) is 0.831. The highest BCUT2D eigenvalue weighted by Gasteiger charge is 2.32. The zero-order valence-electron chi connectivity index (χ0n) is 14.0. The number of nitrogens with zero attached hydrogens (tertiary/aromatic N) is 1. The van der Waals surface area contributed by atoms with E-state index in [1.807, 2.05) is 26.0 Å². The molecule has 1 aromatic rings. The lowest BCUT2D eigenvalue weighted by molar-refractivity contribution is -0.128. The van der Waals surface area contributed by atoms with Gasteiger partial charge in [0.2, 0.25) is 5.91 Å². The topological polar surface area (TPSA) is 84.7 Å². The van der Waals surface area contributed by atoms with Gasteiger partial charge in [-0.2, -0.15) is 0 Å². The van der Waals surface area contributed by atoms with Crippen molar-refractivity contribution in [1.82, 2.24) is 5.32 Å². The summed E-state index contributed by atoms with van der Waals surface area (Å²) in [6.45, 7) is 6.04. The van der Waals surface area contributed by atoms with Crippen molar-refractivity contribution in [2.75, 3.05) is 18.0 Å². The molecule has 2 rings (SSSR count). The summed E-state index contributed by atoms with van der Waals surface area (Å²) in [5.41, 5.74) is 6.40. The van der Waals surface area contributed by atoms with E-state index in [1.54, 1.807) is 19.1 Å². The minimum atomic E-state index is -0.599. The van der Waals surface area contributed by atoms with E-state index in [2.05, 4.69) is 5.32 Å². The normalized spacial score (nSPS) is 17.5. The third-order valence-electron chi connectivity index (χ3n) is 4.42. The van der Waals surface area contributed by atoms with Crippen LogP contribution in [-0.4, -0.2) is 36.5 Å². The van der Waals surface area contributed by atoms with Gasteiger partial charge < -0.3 is 15.8 Å². The number of nitrogens with two attached hydrogens (primary N) is 1. The van der Waals surface area contributed by atoms with Gasteiger partial charge in [0.1, 0.15) is 12.3 Å². The molecule has 126 valence electrons. The number of hydrogen-bond donors (Lipinski definition) is 2. The molecule has 6 heteroatoms. The Balaban J connectivity index is 2.07. The maximum Gasteiger partial charge on any atom is 0.268 e. The van der Waals surface area contributed by atoms with Crippen LogP contribution < -0.4 is 20.7 Å². The third kappa shape index (κ3) is 3.82. The molecule has 0 fully saturated rings. The van der Waals surface area contributed by atoms with Crippen molar-refractivity contribution in [2.45, 2.75) is 45.3 Å². The van der Waals surface area contributed by atoms with Crippen molar-refractivity contribution in [3.05, 3.63) is 24.3 Å². The van der Waals surface area contributed by atoms with Crippen molar-refractivity contribution >= 4 is 17.5 Å². The second-order valence-corrected chi connectivity index (χ2v) is 6.00. The predicted octanol–water partition coefficient (Wildman–Crippen LogP) is 1.43. The molecule has 0 saturated carbocycles. The Morgan fingerprint density at radius 1 is 1.35 bits per heavy atom.